The first-order chi connectivity index (χ1) is 8.04. The largest absolute Gasteiger partial charge is 0.392 e. The molecule has 0 radical (unpaired) electrons. The lowest BCUT2D eigenvalue weighted by atomic mass is 10.3. The van der Waals surface area contributed by atoms with Crippen LogP contribution in [-0.2, 0) is 16.6 Å². The van der Waals surface area contributed by atoms with E-state index in [4.69, 9.17) is 5.73 Å². The summed E-state index contributed by atoms with van der Waals surface area (Å²) in [5.74, 6) is 0. The Bertz CT molecular complexity index is 486. The molecule has 0 aromatic carbocycles. The molecular formula is C10H15N3O3S. The van der Waals surface area contributed by atoms with Crippen LogP contribution in [0.15, 0.2) is 23.2 Å². The topological polar surface area (TPSA) is 96.5 Å². The molecule has 2 heterocycles. The van der Waals surface area contributed by atoms with Gasteiger partial charge in [0, 0.05) is 25.8 Å². The summed E-state index contributed by atoms with van der Waals surface area (Å²) < 4.78 is 25.5. The van der Waals surface area contributed by atoms with Crippen LogP contribution < -0.4 is 5.73 Å². The predicted octanol–water partition coefficient (Wildman–Crippen LogP) is -0.704. The standard InChI is InChI=1S/C10H15N3O3S/c11-5-8-1-2-10(6-12-8)17(15,16)13-4-3-9(14)7-13/h1-2,6,9,14H,3-5,7,11H2. The van der Waals surface area contributed by atoms with Gasteiger partial charge in [0.2, 0.25) is 10.0 Å². The Labute approximate surface area is 100 Å². The first kappa shape index (κ1) is 12.4. The highest BCUT2D eigenvalue weighted by atomic mass is 32.2. The maximum Gasteiger partial charge on any atom is 0.244 e. The monoisotopic (exact) mass is 257 g/mol. The molecule has 1 aromatic rings. The van der Waals surface area contributed by atoms with E-state index < -0.39 is 16.1 Å². The molecule has 1 atom stereocenters. The van der Waals surface area contributed by atoms with Crippen molar-refractivity contribution in [2.24, 2.45) is 5.73 Å². The molecule has 3 N–H and O–H groups in total. The van der Waals surface area contributed by atoms with Crippen molar-refractivity contribution in [3.8, 4) is 0 Å². The summed E-state index contributed by atoms with van der Waals surface area (Å²) >= 11 is 0. The fraction of sp³-hybridized carbons (Fsp3) is 0.500. The number of aliphatic hydroxyl groups excluding tert-OH is 1. The Balaban J connectivity index is 2.25. The molecule has 17 heavy (non-hydrogen) atoms. The predicted molar refractivity (Wildman–Crippen MR) is 61.5 cm³/mol. The molecule has 1 fully saturated rings. The van der Waals surface area contributed by atoms with Gasteiger partial charge in [-0.05, 0) is 18.6 Å². The van der Waals surface area contributed by atoms with Crippen molar-refractivity contribution in [2.45, 2.75) is 24.0 Å². The summed E-state index contributed by atoms with van der Waals surface area (Å²) in [7, 11) is -3.53. The van der Waals surface area contributed by atoms with Crippen molar-refractivity contribution in [3.05, 3.63) is 24.0 Å². The van der Waals surface area contributed by atoms with E-state index in [0.717, 1.165) is 0 Å². The van der Waals surface area contributed by atoms with Gasteiger partial charge < -0.3 is 10.8 Å². The third kappa shape index (κ3) is 2.47. The van der Waals surface area contributed by atoms with E-state index in [1.165, 1.54) is 16.6 Å². The fourth-order valence-electron chi connectivity index (χ4n) is 1.76. The summed E-state index contributed by atoms with van der Waals surface area (Å²) in [5, 5.41) is 9.35. The number of hydrogen-bond donors (Lipinski definition) is 2. The van der Waals surface area contributed by atoms with E-state index in [2.05, 4.69) is 4.98 Å². The van der Waals surface area contributed by atoms with Crippen LogP contribution in [0.4, 0.5) is 0 Å². The van der Waals surface area contributed by atoms with Gasteiger partial charge in [-0.25, -0.2) is 8.42 Å². The van der Waals surface area contributed by atoms with E-state index in [1.54, 1.807) is 6.07 Å². The summed E-state index contributed by atoms with van der Waals surface area (Å²) in [6.45, 7) is 0.784. The van der Waals surface area contributed by atoms with Crippen molar-refractivity contribution in [2.75, 3.05) is 13.1 Å². The van der Waals surface area contributed by atoms with Crippen LogP contribution in [0.2, 0.25) is 0 Å². The quantitative estimate of drug-likeness (QED) is 0.746. The minimum atomic E-state index is -3.53. The SMILES string of the molecule is NCc1ccc(S(=O)(=O)N2CCC(O)C2)cn1. The number of β-amino-alcohol motifs (C(OH)–C–C–N with tert-alkyl or cyclic N) is 1. The van der Waals surface area contributed by atoms with Gasteiger partial charge >= 0.3 is 0 Å². The van der Waals surface area contributed by atoms with Gasteiger partial charge in [0.05, 0.1) is 11.8 Å². The van der Waals surface area contributed by atoms with Crippen LogP contribution in [0.1, 0.15) is 12.1 Å². The maximum absolute atomic E-state index is 12.1. The average molecular weight is 257 g/mol. The average Bonchev–Trinajstić information content (AvgIpc) is 2.77. The van der Waals surface area contributed by atoms with Crippen LogP contribution in [0.3, 0.4) is 0 Å². The van der Waals surface area contributed by atoms with E-state index in [1.807, 2.05) is 0 Å². The second kappa shape index (κ2) is 4.69. The van der Waals surface area contributed by atoms with E-state index in [9.17, 15) is 13.5 Å². The highest BCUT2D eigenvalue weighted by Gasteiger charge is 2.31. The summed E-state index contributed by atoms with van der Waals surface area (Å²) in [4.78, 5) is 4.10. The van der Waals surface area contributed by atoms with Gasteiger partial charge in [-0.3, -0.25) is 4.98 Å². The van der Waals surface area contributed by atoms with E-state index >= 15 is 0 Å². The molecule has 1 saturated heterocycles. The molecule has 7 heteroatoms. The first-order valence-electron chi connectivity index (χ1n) is 5.37. The Kier molecular flexibility index (Phi) is 3.43. The third-order valence-corrected chi connectivity index (χ3v) is 4.62. The van der Waals surface area contributed by atoms with E-state index in [0.29, 0.717) is 18.7 Å². The van der Waals surface area contributed by atoms with Crippen LogP contribution in [0.25, 0.3) is 0 Å². The number of nitrogens with two attached hydrogens (primary N) is 1. The number of rotatable bonds is 3. The lowest BCUT2D eigenvalue weighted by Crippen LogP contribution is -2.29. The lowest BCUT2D eigenvalue weighted by Gasteiger charge is -2.15. The fourth-order valence-corrected chi connectivity index (χ4v) is 3.20. The Morgan fingerprint density at radius 2 is 2.29 bits per heavy atom. The van der Waals surface area contributed by atoms with Crippen molar-refractivity contribution >= 4 is 10.0 Å². The third-order valence-electron chi connectivity index (χ3n) is 2.77. The molecule has 0 bridgehead atoms. The number of pyridine rings is 1. The molecular weight excluding hydrogens is 242 g/mol. The molecule has 1 aromatic heterocycles. The zero-order valence-corrected chi connectivity index (χ0v) is 10.1. The molecule has 0 aliphatic carbocycles. The molecule has 6 nitrogen and oxygen atoms in total. The molecule has 0 spiro atoms. The number of aromatic nitrogens is 1. The molecule has 1 aliphatic heterocycles. The Hall–Kier alpha value is -1.02. The van der Waals surface area contributed by atoms with Crippen molar-refractivity contribution < 1.29 is 13.5 Å². The van der Waals surface area contributed by atoms with Crippen molar-refractivity contribution in [1.29, 1.82) is 0 Å². The summed E-state index contributed by atoms with van der Waals surface area (Å²) in [6, 6.07) is 3.09. The van der Waals surface area contributed by atoms with Crippen LogP contribution in [0.5, 0.6) is 0 Å². The highest BCUT2D eigenvalue weighted by Crippen LogP contribution is 2.20. The van der Waals surface area contributed by atoms with Crippen LogP contribution in [0, 0.1) is 0 Å². The summed E-state index contributed by atoms with van der Waals surface area (Å²) in [6.07, 6.45) is 1.22. The van der Waals surface area contributed by atoms with Gasteiger partial charge in [-0.2, -0.15) is 4.31 Å². The number of nitrogens with zero attached hydrogens (tertiary/aromatic N) is 2. The number of hydrogen-bond acceptors (Lipinski definition) is 5. The molecule has 2 rings (SSSR count). The number of sulfonamides is 1. The Morgan fingerprint density at radius 3 is 2.76 bits per heavy atom. The second-order valence-electron chi connectivity index (χ2n) is 3.99. The molecule has 0 saturated carbocycles. The van der Waals surface area contributed by atoms with Gasteiger partial charge in [-0.15, -0.1) is 0 Å². The van der Waals surface area contributed by atoms with E-state index in [-0.39, 0.29) is 18.0 Å². The Morgan fingerprint density at radius 1 is 1.53 bits per heavy atom. The molecule has 1 aliphatic rings. The van der Waals surface area contributed by atoms with Crippen molar-refractivity contribution in [1.82, 2.24) is 9.29 Å². The maximum atomic E-state index is 12.1. The minimum Gasteiger partial charge on any atom is -0.392 e. The zero-order valence-electron chi connectivity index (χ0n) is 9.28. The second-order valence-corrected chi connectivity index (χ2v) is 5.93. The number of aliphatic hydroxyl groups is 1. The van der Waals surface area contributed by atoms with Gasteiger partial charge in [0.1, 0.15) is 4.90 Å². The lowest BCUT2D eigenvalue weighted by molar-refractivity contribution is 0.189. The summed E-state index contributed by atoms with van der Waals surface area (Å²) in [5.41, 5.74) is 6.04. The van der Waals surface area contributed by atoms with Gasteiger partial charge in [0.25, 0.3) is 0 Å². The van der Waals surface area contributed by atoms with Crippen LogP contribution in [-0.4, -0.2) is 42.0 Å². The van der Waals surface area contributed by atoms with Gasteiger partial charge in [-0.1, -0.05) is 0 Å². The zero-order chi connectivity index (χ0) is 12.5. The smallest absolute Gasteiger partial charge is 0.244 e. The van der Waals surface area contributed by atoms with Gasteiger partial charge in [0.15, 0.2) is 0 Å². The van der Waals surface area contributed by atoms with Crippen molar-refractivity contribution in [3.63, 3.8) is 0 Å². The minimum absolute atomic E-state index is 0.142. The molecule has 94 valence electrons. The van der Waals surface area contributed by atoms with Crippen LogP contribution >= 0.6 is 0 Å². The highest BCUT2D eigenvalue weighted by molar-refractivity contribution is 7.89. The normalized spacial score (nSPS) is 21.9. The molecule has 0 amide bonds. The first-order valence-corrected chi connectivity index (χ1v) is 6.81. The molecule has 1 unspecified atom stereocenters.